The van der Waals surface area contributed by atoms with Gasteiger partial charge >= 0.3 is 5.97 Å². The average Bonchev–Trinajstić information content (AvgIpc) is 2.18. The van der Waals surface area contributed by atoms with Crippen LogP contribution in [0.25, 0.3) is 0 Å². The van der Waals surface area contributed by atoms with Crippen molar-refractivity contribution in [3.8, 4) is 0 Å². The van der Waals surface area contributed by atoms with Crippen molar-refractivity contribution in [3.05, 3.63) is 22.7 Å². The molecule has 7 heteroatoms. The van der Waals surface area contributed by atoms with Crippen molar-refractivity contribution in [2.45, 2.75) is 17.1 Å². The number of hydrogen-bond donors (Lipinski definition) is 2. The zero-order chi connectivity index (χ0) is 12.8. The molecule has 1 unspecified atom stereocenters. The van der Waals surface area contributed by atoms with Gasteiger partial charge in [0, 0.05) is 6.54 Å². The molecular weight excluding hydrogens is 266 g/mol. The number of nitrogens with one attached hydrogen (secondary N) is 1. The molecule has 0 saturated carbocycles. The zero-order valence-electron chi connectivity index (χ0n) is 8.90. The van der Waals surface area contributed by atoms with E-state index in [-0.39, 0.29) is 22.2 Å². The minimum Gasteiger partial charge on any atom is -0.480 e. The normalized spacial score (nSPS) is 21.4. The molecule has 5 nitrogen and oxygen atoms in total. The second-order valence-electron chi connectivity index (χ2n) is 3.87. The van der Waals surface area contributed by atoms with Gasteiger partial charge in [-0.3, -0.25) is 4.79 Å². The second-order valence-corrected chi connectivity index (χ2v) is 6.38. The Morgan fingerprint density at radius 2 is 2.18 bits per heavy atom. The molecule has 0 amide bonds. The van der Waals surface area contributed by atoms with Crippen molar-refractivity contribution >= 4 is 33.1 Å². The Balaban J connectivity index is 2.69. The molecule has 0 saturated heterocycles. The Labute approximate surface area is 103 Å². The lowest BCUT2D eigenvalue weighted by atomic mass is 10.2. The summed E-state index contributed by atoms with van der Waals surface area (Å²) in [5, 5.41) is 10.5. The molecule has 0 spiro atoms. The highest BCUT2D eigenvalue weighted by Gasteiger charge is 2.39. The standard InChI is InChI=1S/C10H10ClNO4S/c1-5-2-6(11)9-7(3-5)17(15,16)8(4-12-9)10(13)14/h2-3,8,12H,4H2,1H3,(H,13,14). The summed E-state index contributed by atoms with van der Waals surface area (Å²) in [5.41, 5.74) is 0.958. The van der Waals surface area contributed by atoms with Gasteiger partial charge in [-0.15, -0.1) is 0 Å². The minimum atomic E-state index is -3.87. The number of carboxylic acids is 1. The van der Waals surface area contributed by atoms with Gasteiger partial charge in [0.15, 0.2) is 15.1 Å². The van der Waals surface area contributed by atoms with Crippen molar-refractivity contribution in [2.24, 2.45) is 0 Å². The molecule has 1 atom stereocenters. The van der Waals surface area contributed by atoms with E-state index in [1.807, 2.05) is 0 Å². The molecule has 1 heterocycles. The molecule has 0 aliphatic carbocycles. The summed E-state index contributed by atoms with van der Waals surface area (Å²) in [5.74, 6) is -1.36. The number of rotatable bonds is 1. The molecule has 1 aromatic rings. The van der Waals surface area contributed by atoms with E-state index in [2.05, 4.69) is 5.32 Å². The molecule has 2 N–H and O–H groups in total. The highest BCUT2D eigenvalue weighted by molar-refractivity contribution is 7.93. The van der Waals surface area contributed by atoms with Gasteiger partial charge in [0.1, 0.15) is 0 Å². The minimum absolute atomic E-state index is 0.0406. The van der Waals surface area contributed by atoms with E-state index in [0.717, 1.165) is 0 Å². The fourth-order valence-corrected chi connectivity index (χ4v) is 3.87. The van der Waals surface area contributed by atoms with Crippen molar-refractivity contribution < 1.29 is 18.3 Å². The van der Waals surface area contributed by atoms with E-state index >= 15 is 0 Å². The van der Waals surface area contributed by atoms with Gasteiger partial charge in [-0.2, -0.15) is 0 Å². The lowest BCUT2D eigenvalue weighted by Crippen LogP contribution is -2.40. The van der Waals surface area contributed by atoms with Gasteiger partial charge in [-0.1, -0.05) is 11.6 Å². The van der Waals surface area contributed by atoms with E-state index in [0.29, 0.717) is 5.56 Å². The highest BCUT2D eigenvalue weighted by atomic mass is 35.5. The van der Waals surface area contributed by atoms with Crippen LogP contribution < -0.4 is 5.32 Å². The molecule has 0 bridgehead atoms. The number of anilines is 1. The summed E-state index contributed by atoms with van der Waals surface area (Å²) in [6.07, 6.45) is 0. The van der Waals surface area contributed by atoms with Crippen molar-refractivity contribution in [2.75, 3.05) is 11.9 Å². The van der Waals surface area contributed by atoms with Gasteiger partial charge in [0.25, 0.3) is 0 Å². The Kier molecular flexibility index (Phi) is 2.79. The second kappa shape index (κ2) is 3.89. The van der Waals surface area contributed by atoms with E-state index in [4.69, 9.17) is 16.7 Å². The van der Waals surface area contributed by atoms with Crippen LogP contribution in [0.1, 0.15) is 5.56 Å². The van der Waals surface area contributed by atoms with Gasteiger partial charge < -0.3 is 10.4 Å². The van der Waals surface area contributed by atoms with E-state index in [9.17, 15) is 13.2 Å². The molecule has 1 aromatic carbocycles. The van der Waals surface area contributed by atoms with Crippen molar-refractivity contribution in [1.82, 2.24) is 0 Å². The predicted octanol–water partition coefficient (Wildman–Crippen LogP) is 1.30. The number of carboxylic acid groups (broad SMARTS) is 1. The number of aryl methyl sites for hydroxylation is 1. The first-order valence-corrected chi connectivity index (χ1v) is 6.77. The van der Waals surface area contributed by atoms with Gasteiger partial charge in [-0.25, -0.2) is 8.42 Å². The number of fused-ring (bicyclic) bond motifs is 1. The fourth-order valence-electron chi connectivity index (χ4n) is 1.78. The Bertz CT molecular complexity index is 597. The number of sulfone groups is 1. The summed E-state index contributed by atoms with van der Waals surface area (Å²) >= 11 is 5.93. The molecule has 1 aliphatic rings. The summed E-state index contributed by atoms with van der Waals surface area (Å²) in [6, 6.07) is 3.06. The lowest BCUT2D eigenvalue weighted by molar-refractivity contribution is -0.136. The molecule has 0 radical (unpaired) electrons. The third kappa shape index (κ3) is 1.87. The Morgan fingerprint density at radius 3 is 2.76 bits per heavy atom. The zero-order valence-corrected chi connectivity index (χ0v) is 10.5. The predicted molar refractivity (Wildman–Crippen MR) is 63.3 cm³/mol. The van der Waals surface area contributed by atoms with Crippen LogP contribution in [-0.4, -0.2) is 31.3 Å². The van der Waals surface area contributed by atoms with Crippen LogP contribution in [0.2, 0.25) is 5.02 Å². The molecular formula is C10H10ClNO4S. The lowest BCUT2D eigenvalue weighted by Gasteiger charge is -2.24. The van der Waals surface area contributed by atoms with Gasteiger partial charge in [0.05, 0.1) is 15.6 Å². The number of aliphatic carboxylic acids is 1. The third-order valence-electron chi connectivity index (χ3n) is 2.62. The molecule has 0 aromatic heterocycles. The quantitative estimate of drug-likeness (QED) is 0.807. The Morgan fingerprint density at radius 1 is 1.53 bits per heavy atom. The van der Waals surface area contributed by atoms with E-state index in [1.165, 1.54) is 6.07 Å². The maximum Gasteiger partial charge on any atom is 0.324 e. The SMILES string of the molecule is Cc1cc(Cl)c2c(c1)S(=O)(=O)C(C(=O)O)CN2. The average molecular weight is 276 g/mol. The molecule has 1 aliphatic heterocycles. The topological polar surface area (TPSA) is 83.5 Å². The fraction of sp³-hybridized carbons (Fsp3) is 0.300. The molecule has 92 valence electrons. The third-order valence-corrected chi connectivity index (χ3v) is 4.97. The van der Waals surface area contributed by atoms with Crippen LogP contribution in [0, 0.1) is 6.92 Å². The maximum atomic E-state index is 12.1. The summed E-state index contributed by atoms with van der Waals surface area (Å²) < 4.78 is 24.1. The van der Waals surface area contributed by atoms with Gasteiger partial charge in [-0.05, 0) is 24.6 Å². The largest absolute Gasteiger partial charge is 0.480 e. The van der Waals surface area contributed by atoms with Crippen LogP contribution in [-0.2, 0) is 14.6 Å². The van der Waals surface area contributed by atoms with Gasteiger partial charge in [0.2, 0.25) is 0 Å². The van der Waals surface area contributed by atoms with Crippen LogP contribution in [0.15, 0.2) is 17.0 Å². The number of carbonyl (C=O) groups is 1. The van der Waals surface area contributed by atoms with Crippen LogP contribution in [0.5, 0.6) is 0 Å². The van der Waals surface area contributed by atoms with E-state index in [1.54, 1.807) is 13.0 Å². The summed E-state index contributed by atoms with van der Waals surface area (Å²) in [6.45, 7) is 1.53. The van der Waals surface area contributed by atoms with Crippen molar-refractivity contribution in [1.29, 1.82) is 0 Å². The Hall–Kier alpha value is -1.27. The van der Waals surface area contributed by atoms with Crippen LogP contribution >= 0.6 is 11.6 Å². The number of halogens is 1. The maximum absolute atomic E-state index is 12.1. The highest BCUT2D eigenvalue weighted by Crippen LogP contribution is 2.36. The van der Waals surface area contributed by atoms with Crippen molar-refractivity contribution in [3.63, 3.8) is 0 Å². The molecule has 0 fully saturated rings. The first-order valence-electron chi connectivity index (χ1n) is 4.85. The monoisotopic (exact) mass is 275 g/mol. The smallest absolute Gasteiger partial charge is 0.324 e. The van der Waals surface area contributed by atoms with Crippen LogP contribution in [0.4, 0.5) is 5.69 Å². The number of benzene rings is 1. The summed E-state index contributed by atoms with van der Waals surface area (Å²) in [7, 11) is -3.87. The number of hydrogen-bond acceptors (Lipinski definition) is 4. The van der Waals surface area contributed by atoms with E-state index < -0.39 is 21.1 Å². The summed E-state index contributed by atoms with van der Waals surface area (Å²) in [4.78, 5) is 10.9. The first kappa shape index (κ1) is 12.2. The molecule has 17 heavy (non-hydrogen) atoms. The first-order chi connectivity index (χ1) is 7.84. The molecule has 2 rings (SSSR count). The van der Waals surface area contributed by atoms with Crippen LogP contribution in [0.3, 0.4) is 0 Å².